The molecule has 4 nitrogen and oxygen atoms in total. The Labute approximate surface area is 120 Å². The Morgan fingerprint density at radius 2 is 2.21 bits per heavy atom. The number of pyridine rings is 1. The van der Waals surface area contributed by atoms with Crippen LogP contribution in [0.15, 0.2) is 12.1 Å². The second-order valence-electron chi connectivity index (χ2n) is 5.18. The molecule has 1 fully saturated rings. The number of piperazine rings is 1. The van der Waals surface area contributed by atoms with Crippen LogP contribution in [0.5, 0.6) is 0 Å². The molecule has 5 heteroatoms. The third kappa shape index (κ3) is 3.59. The first-order valence-corrected chi connectivity index (χ1v) is 7.31. The van der Waals surface area contributed by atoms with Gasteiger partial charge in [-0.3, -0.25) is 0 Å². The van der Waals surface area contributed by atoms with E-state index in [2.05, 4.69) is 36.0 Å². The summed E-state index contributed by atoms with van der Waals surface area (Å²) < 4.78 is 0. The average Bonchev–Trinajstić information content (AvgIpc) is 2.38. The Morgan fingerprint density at radius 1 is 1.42 bits per heavy atom. The molecule has 1 unspecified atom stereocenters. The van der Waals surface area contributed by atoms with E-state index in [4.69, 9.17) is 16.6 Å². The van der Waals surface area contributed by atoms with Gasteiger partial charge in [-0.15, -0.1) is 0 Å². The van der Waals surface area contributed by atoms with Crippen LogP contribution in [0.1, 0.15) is 19.5 Å². The first-order valence-electron chi connectivity index (χ1n) is 6.93. The molecule has 1 saturated heterocycles. The molecule has 0 aliphatic carbocycles. The molecule has 1 aromatic heterocycles. The summed E-state index contributed by atoms with van der Waals surface area (Å²) in [6, 6.07) is 4.47. The van der Waals surface area contributed by atoms with Gasteiger partial charge in [-0.2, -0.15) is 0 Å². The summed E-state index contributed by atoms with van der Waals surface area (Å²) in [5.74, 6) is 1.04. The molecule has 0 saturated carbocycles. The zero-order valence-electron chi connectivity index (χ0n) is 12.0. The van der Waals surface area contributed by atoms with Crippen molar-refractivity contribution in [2.45, 2.75) is 26.4 Å². The van der Waals surface area contributed by atoms with Gasteiger partial charge in [0.05, 0.1) is 10.7 Å². The average molecular weight is 283 g/mol. The molecule has 1 aliphatic rings. The Hall–Kier alpha value is -0.840. The molecule has 0 aromatic carbocycles. The van der Waals surface area contributed by atoms with Crippen molar-refractivity contribution in [3.8, 4) is 0 Å². The van der Waals surface area contributed by atoms with Crippen molar-refractivity contribution < 1.29 is 0 Å². The lowest BCUT2D eigenvalue weighted by molar-refractivity contribution is 0.274. The van der Waals surface area contributed by atoms with Gasteiger partial charge in [-0.05, 0) is 32.6 Å². The lowest BCUT2D eigenvalue weighted by atomic mass is 10.2. The normalized spacial score (nSPS) is 20.8. The molecule has 0 bridgehead atoms. The molecule has 2 rings (SSSR count). The van der Waals surface area contributed by atoms with Crippen molar-refractivity contribution in [3.05, 3.63) is 22.8 Å². The standard InChI is InChI=1S/C14H23ClN4/c1-4-16-9-13-12(15)5-6-14(17-13)19-8-7-18(3)10-11(19)2/h5-6,11,16H,4,7-10H2,1-3H3. The minimum atomic E-state index is 0.486. The van der Waals surface area contributed by atoms with Gasteiger partial charge in [-0.25, -0.2) is 4.98 Å². The van der Waals surface area contributed by atoms with Crippen LogP contribution in [0.3, 0.4) is 0 Å². The van der Waals surface area contributed by atoms with Crippen molar-refractivity contribution in [3.63, 3.8) is 0 Å². The summed E-state index contributed by atoms with van der Waals surface area (Å²) in [6.07, 6.45) is 0. The number of hydrogen-bond donors (Lipinski definition) is 1. The smallest absolute Gasteiger partial charge is 0.129 e. The number of nitrogens with zero attached hydrogens (tertiary/aromatic N) is 3. The summed E-state index contributed by atoms with van der Waals surface area (Å²) >= 11 is 6.20. The zero-order chi connectivity index (χ0) is 13.8. The van der Waals surface area contributed by atoms with Crippen molar-refractivity contribution >= 4 is 17.4 Å². The molecule has 0 spiro atoms. The van der Waals surface area contributed by atoms with Gasteiger partial charge in [0.15, 0.2) is 0 Å². The van der Waals surface area contributed by atoms with Crippen molar-refractivity contribution in [2.75, 3.05) is 38.1 Å². The topological polar surface area (TPSA) is 31.4 Å². The SMILES string of the molecule is CCNCc1nc(N2CCN(C)CC2C)ccc1Cl. The number of likely N-dealkylation sites (N-methyl/N-ethyl adjacent to an activating group) is 1. The van der Waals surface area contributed by atoms with Crippen LogP contribution in [0.2, 0.25) is 5.02 Å². The van der Waals surface area contributed by atoms with E-state index in [9.17, 15) is 0 Å². The second kappa shape index (κ2) is 6.55. The highest BCUT2D eigenvalue weighted by Crippen LogP contribution is 2.22. The molecule has 106 valence electrons. The van der Waals surface area contributed by atoms with Gasteiger partial charge in [-0.1, -0.05) is 18.5 Å². The predicted octanol–water partition coefficient (Wildman–Crippen LogP) is 1.98. The number of rotatable bonds is 4. The van der Waals surface area contributed by atoms with Crippen molar-refractivity contribution in [1.29, 1.82) is 0 Å². The van der Waals surface area contributed by atoms with Crippen LogP contribution in [0, 0.1) is 0 Å². The minimum absolute atomic E-state index is 0.486. The van der Waals surface area contributed by atoms with Crippen LogP contribution in [-0.4, -0.2) is 49.2 Å². The Balaban J connectivity index is 2.15. The predicted molar refractivity (Wildman–Crippen MR) is 80.9 cm³/mol. The lowest BCUT2D eigenvalue weighted by Gasteiger charge is -2.39. The Bertz CT molecular complexity index is 424. The summed E-state index contributed by atoms with van der Waals surface area (Å²) in [7, 11) is 2.17. The number of nitrogens with one attached hydrogen (secondary N) is 1. The fourth-order valence-corrected chi connectivity index (χ4v) is 2.65. The fourth-order valence-electron chi connectivity index (χ4n) is 2.48. The van der Waals surface area contributed by atoms with Gasteiger partial charge in [0, 0.05) is 32.2 Å². The highest BCUT2D eigenvalue weighted by atomic mass is 35.5. The highest BCUT2D eigenvalue weighted by Gasteiger charge is 2.22. The van der Waals surface area contributed by atoms with Crippen molar-refractivity contribution in [1.82, 2.24) is 15.2 Å². The number of aromatic nitrogens is 1. The summed E-state index contributed by atoms with van der Waals surface area (Å²) in [6.45, 7) is 9.16. The van der Waals surface area contributed by atoms with Gasteiger partial charge < -0.3 is 15.1 Å². The van der Waals surface area contributed by atoms with E-state index in [1.807, 2.05) is 12.1 Å². The largest absolute Gasteiger partial charge is 0.351 e. The van der Waals surface area contributed by atoms with Crippen LogP contribution in [-0.2, 0) is 6.54 Å². The number of anilines is 1. The van der Waals surface area contributed by atoms with Gasteiger partial charge in [0.1, 0.15) is 5.82 Å². The first kappa shape index (κ1) is 14.6. The van der Waals surface area contributed by atoms with E-state index in [0.717, 1.165) is 49.3 Å². The fraction of sp³-hybridized carbons (Fsp3) is 0.643. The van der Waals surface area contributed by atoms with Crippen LogP contribution < -0.4 is 10.2 Å². The maximum absolute atomic E-state index is 6.20. The molecule has 1 N–H and O–H groups in total. The molecule has 19 heavy (non-hydrogen) atoms. The zero-order valence-corrected chi connectivity index (χ0v) is 12.7. The maximum Gasteiger partial charge on any atom is 0.129 e. The van der Waals surface area contributed by atoms with E-state index < -0.39 is 0 Å². The van der Waals surface area contributed by atoms with Gasteiger partial charge >= 0.3 is 0 Å². The maximum atomic E-state index is 6.20. The monoisotopic (exact) mass is 282 g/mol. The van der Waals surface area contributed by atoms with Gasteiger partial charge in [0.25, 0.3) is 0 Å². The Kier molecular flexibility index (Phi) is 5.02. The summed E-state index contributed by atoms with van der Waals surface area (Å²) in [5, 5.41) is 4.02. The molecule has 0 amide bonds. The van der Waals surface area contributed by atoms with E-state index >= 15 is 0 Å². The van der Waals surface area contributed by atoms with E-state index in [1.54, 1.807) is 0 Å². The Morgan fingerprint density at radius 3 is 2.89 bits per heavy atom. The highest BCUT2D eigenvalue weighted by molar-refractivity contribution is 6.31. The van der Waals surface area contributed by atoms with Crippen LogP contribution in [0.4, 0.5) is 5.82 Å². The first-order chi connectivity index (χ1) is 9.11. The van der Waals surface area contributed by atoms with E-state index in [0.29, 0.717) is 6.04 Å². The van der Waals surface area contributed by atoms with E-state index in [1.165, 1.54) is 0 Å². The third-order valence-corrected chi connectivity index (χ3v) is 3.92. The summed E-state index contributed by atoms with van der Waals surface area (Å²) in [4.78, 5) is 9.45. The number of hydrogen-bond acceptors (Lipinski definition) is 4. The molecule has 1 atom stereocenters. The second-order valence-corrected chi connectivity index (χ2v) is 5.59. The van der Waals surface area contributed by atoms with Gasteiger partial charge in [0.2, 0.25) is 0 Å². The molecule has 0 radical (unpaired) electrons. The molecule has 1 aliphatic heterocycles. The van der Waals surface area contributed by atoms with Crippen LogP contribution >= 0.6 is 11.6 Å². The number of halogens is 1. The van der Waals surface area contributed by atoms with Crippen LogP contribution in [0.25, 0.3) is 0 Å². The quantitative estimate of drug-likeness (QED) is 0.915. The van der Waals surface area contributed by atoms with E-state index in [-0.39, 0.29) is 0 Å². The summed E-state index contributed by atoms with van der Waals surface area (Å²) in [5.41, 5.74) is 0.937. The van der Waals surface area contributed by atoms with Crippen molar-refractivity contribution in [2.24, 2.45) is 0 Å². The minimum Gasteiger partial charge on any atom is -0.351 e. The molecular formula is C14H23ClN4. The molecule has 1 aromatic rings. The molecular weight excluding hydrogens is 260 g/mol. The molecule has 2 heterocycles. The lowest BCUT2D eigenvalue weighted by Crippen LogP contribution is -2.50. The third-order valence-electron chi connectivity index (χ3n) is 3.57.